The van der Waals surface area contributed by atoms with Crippen molar-refractivity contribution < 1.29 is 19.2 Å². The molecule has 3 rings (SSSR count). The highest BCUT2D eigenvalue weighted by molar-refractivity contribution is 5.87. The molecular formula is C23H29NO4. The van der Waals surface area contributed by atoms with Crippen molar-refractivity contribution in [2.24, 2.45) is 0 Å². The maximum absolute atomic E-state index is 12.8. The van der Waals surface area contributed by atoms with Gasteiger partial charge in [-0.2, -0.15) is 0 Å². The first kappa shape index (κ1) is 20.4. The summed E-state index contributed by atoms with van der Waals surface area (Å²) in [7, 11) is 1.67. The van der Waals surface area contributed by atoms with Gasteiger partial charge >= 0.3 is 0 Å². The minimum absolute atomic E-state index is 0.0690. The van der Waals surface area contributed by atoms with E-state index in [1.54, 1.807) is 7.11 Å². The number of unbranched alkanes of at least 4 members (excludes halogenated alkanes) is 1. The molecule has 0 radical (unpaired) electrons. The molecule has 0 aliphatic carbocycles. The van der Waals surface area contributed by atoms with Crippen molar-refractivity contribution in [3.05, 3.63) is 77.0 Å². The topological polar surface area (TPSA) is 53.8 Å². The maximum Gasteiger partial charge on any atom is 0.232 e. The molecule has 1 aliphatic heterocycles. The molecule has 5 nitrogen and oxygen atoms in total. The van der Waals surface area contributed by atoms with Crippen LogP contribution in [0.3, 0.4) is 0 Å². The van der Waals surface area contributed by atoms with Gasteiger partial charge in [0.25, 0.3) is 0 Å². The van der Waals surface area contributed by atoms with Crippen LogP contribution in [-0.2, 0) is 14.3 Å². The molecule has 28 heavy (non-hydrogen) atoms. The standard InChI is InChI=1S/C23H29NO4/c1-3-4-15-27-23-16-20(18-11-7-5-8-12-18)21(24(25)28-23)17-22(26-2)19-13-9-6-10-14-19/h5-14,20,22-23H,3-4,15-17H2,1-2H3/t20-,22-,23+/m1/s1. The number of hydrogen-bond donors (Lipinski definition) is 0. The molecule has 3 atom stereocenters. The van der Waals surface area contributed by atoms with Crippen LogP contribution in [0.5, 0.6) is 0 Å². The normalized spacial score (nSPS) is 20.6. The van der Waals surface area contributed by atoms with Gasteiger partial charge < -0.3 is 14.3 Å². The number of ether oxygens (including phenoxy) is 2. The van der Waals surface area contributed by atoms with E-state index in [1.807, 2.05) is 48.5 Å². The third-order valence-corrected chi connectivity index (χ3v) is 5.13. The first-order valence-corrected chi connectivity index (χ1v) is 9.97. The lowest BCUT2D eigenvalue weighted by Gasteiger charge is -2.31. The SMILES string of the molecule is CCCCO[C@@H]1C[C@H](c2ccccc2)C(C[C@@H](OC)c2ccccc2)=[N+]([O-])O1. The van der Waals surface area contributed by atoms with Gasteiger partial charge in [0.15, 0.2) is 6.29 Å². The Morgan fingerprint density at radius 1 is 1.11 bits per heavy atom. The molecule has 0 saturated carbocycles. The van der Waals surface area contributed by atoms with Gasteiger partial charge in [-0.25, -0.2) is 0 Å². The van der Waals surface area contributed by atoms with E-state index in [-0.39, 0.29) is 12.0 Å². The van der Waals surface area contributed by atoms with Crippen LogP contribution < -0.4 is 0 Å². The summed E-state index contributed by atoms with van der Waals surface area (Å²) in [5, 5.41) is 12.8. The van der Waals surface area contributed by atoms with Crippen LogP contribution in [0.2, 0.25) is 0 Å². The smallest absolute Gasteiger partial charge is 0.232 e. The Morgan fingerprint density at radius 3 is 2.43 bits per heavy atom. The van der Waals surface area contributed by atoms with Gasteiger partial charge in [0.2, 0.25) is 5.71 Å². The number of methoxy groups -OCH3 is 1. The molecule has 1 heterocycles. The molecule has 0 spiro atoms. The van der Waals surface area contributed by atoms with E-state index in [1.165, 1.54) is 0 Å². The van der Waals surface area contributed by atoms with Crippen molar-refractivity contribution in [2.45, 2.75) is 50.9 Å². The van der Waals surface area contributed by atoms with E-state index in [0.717, 1.165) is 24.0 Å². The van der Waals surface area contributed by atoms with Crippen molar-refractivity contribution >= 4 is 5.71 Å². The monoisotopic (exact) mass is 383 g/mol. The fraction of sp³-hybridized carbons (Fsp3) is 0.435. The van der Waals surface area contributed by atoms with Crippen molar-refractivity contribution in [3.8, 4) is 0 Å². The largest absolute Gasteiger partial charge is 0.376 e. The van der Waals surface area contributed by atoms with Crippen molar-refractivity contribution in [3.63, 3.8) is 0 Å². The van der Waals surface area contributed by atoms with Crippen LogP contribution in [0.4, 0.5) is 0 Å². The number of rotatable bonds is 9. The second kappa shape index (κ2) is 10.2. The second-order valence-electron chi connectivity index (χ2n) is 7.05. The predicted molar refractivity (Wildman–Crippen MR) is 109 cm³/mol. The van der Waals surface area contributed by atoms with Crippen LogP contribution in [-0.4, -0.2) is 30.6 Å². The Bertz CT molecular complexity index is 748. The van der Waals surface area contributed by atoms with Gasteiger partial charge in [-0.1, -0.05) is 74.0 Å². The minimum atomic E-state index is -0.532. The summed E-state index contributed by atoms with van der Waals surface area (Å²) in [5.41, 5.74) is 2.80. The molecule has 0 bridgehead atoms. The summed E-state index contributed by atoms with van der Waals surface area (Å²) < 4.78 is 11.5. The van der Waals surface area contributed by atoms with Gasteiger partial charge in [0.1, 0.15) is 0 Å². The van der Waals surface area contributed by atoms with Crippen LogP contribution in [0.15, 0.2) is 60.7 Å². The molecule has 5 heteroatoms. The number of benzene rings is 2. The average molecular weight is 383 g/mol. The number of hydrogen-bond acceptors (Lipinski definition) is 4. The highest BCUT2D eigenvalue weighted by Gasteiger charge is 2.37. The minimum Gasteiger partial charge on any atom is -0.376 e. The van der Waals surface area contributed by atoms with Crippen molar-refractivity contribution in [1.29, 1.82) is 0 Å². The third-order valence-electron chi connectivity index (χ3n) is 5.13. The van der Waals surface area contributed by atoms with E-state index in [2.05, 4.69) is 19.1 Å². The van der Waals surface area contributed by atoms with E-state index < -0.39 is 6.29 Å². The van der Waals surface area contributed by atoms with Crippen LogP contribution in [0.1, 0.15) is 55.8 Å². The first-order chi connectivity index (χ1) is 13.7. The van der Waals surface area contributed by atoms with E-state index in [0.29, 0.717) is 30.1 Å². The van der Waals surface area contributed by atoms with Gasteiger partial charge in [0.05, 0.1) is 18.4 Å². The van der Waals surface area contributed by atoms with Gasteiger partial charge in [-0.3, -0.25) is 5.21 Å². The molecule has 0 saturated heterocycles. The van der Waals surface area contributed by atoms with Crippen LogP contribution in [0, 0.1) is 5.21 Å². The fourth-order valence-electron chi connectivity index (χ4n) is 3.56. The Labute approximate surface area is 167 Å². The molecule has 0 aromatic heterocycles. The van der Waals surface area contributed by atoms with Gasteiger partial charge in [-0.05, 0) is 17.5 Å². The molecule has 2 aromatic carbocycles. The molecule has 0 N–H and O–H groups in total. The van der Waals surface area contributed by atoms with E-state index in [4.69, 9.17) is 14.3 Å². The lowest BCUT2D eigenvalue weighted by atomic mass is 9.86. The summed E-state index contributed by atoms with van der Waals surface area (Å²) >= 11 is 0. The zero-order valence-electron chi connectivity index (χ0n) is 16.6. The summed E-state index contributed by atoms with van der Waals surface area (Å²) in [5.74, 6) is -0.0690. The highest BCUT2D eigenvalue weighted by Crippen LogP contribution is 2.33. The second-order valence-corrected chi connectivity index (χ2v) is 7.05. The van der Waals surface area contributed by atoms with Crippen molar-refractivity contribution in [1.82, 2.24) is 0 Å². The maximum atomic E-state index is 12.8. The Kier molecular flexibility index (Phi) is 7.46. The van der Waals surface area contributed by atoms with Crippen LogP contribution in [0.25, 0.3) is 0 Å². The predicted octanol–water partition coefficient (Wildman–Crippen LogP) is 4.98. The Morgan fingerprint density at radius 2 is 1.79 bits per heavy atom. The average Bonchev–Trinajstić information content (AvgIpc) is 2.74. The van der Waals surface area contributed by atoms with Gasteiger partial charge in [-0.15, -0.1) is 0 Å². The lowest BCUT2D eigenvalue weighted by molar-refractivity contribution is -0.772. The van der Waals surface area contributed by atoms with E-state index >= 15 is 0 Å². The summed E-state index contributed by atoms with van der Waals surface area (Å²) in [6.07, 6.45) is 2.33. The first-order valence-electron chi connectivity index (χ1n) is 9.97. The third kappa shape index (κ3) is 5.12. The highest BCUT2D eigenvalue weighted by atomic mass is 16.9. The molecule has 2 aromatic rings. The summed E-state index contributed by atoms with van der Waals surface area (Å²) in [6.45, 7) is 2.70. The van der Waals surface area contributed by atoms with Crippen molar-refractivity contribution in [2.75, 3.05) is 13.7 Å². The van der Waals surface area contributed by atoms with Crippen LogP contribution >= 0.6 is 0 Å². The molecule has 0 amide bonds. The fourth-order valence-corrected chi connectivity index (χ4v) is 3.56. The zero-order valence-corrected chi connectivity index (χ0v) is 16.6. The molecule has 150 valence electrons. The Hall–Kier alpha value is -2.37. The summed E-state index contributed by atoms with van der Waals surface area (Å²) in [4.78, 5) is 6.20. The Balaban J connectivity index is 1.85. The molecule has 1 aliphatic rings. The molecular weight excluding hydrogens is 354 g/mol. The molecule has 0 unspecified atom stereocenters. The summed E-state index contributed by atoms with van der Waals surface area (Å²) in [6, 6.07) is 20.0. The van der Waals surface area contributed by atoms with E-state index in [9.17, 15) is 5.21 Å². The number of nitrogens with zero attached hydrogens (tertiary/aromatic N) is 1. The van der Waals surface area contributed by atoms with Gasteiger partial charge in [0, 0.05) is 25.0 Å². The quantitative estimate of drug-likeness (QED) is 0.453. The zero-order chi connectivity index (χ0) is 19.8. The molecule has 0 fully saturated rings. The lowest BCUT2D eigenvalue weighted by Crippen LogP contribution is -2.38.